The Morgan fingerprint density at radius 3 is 2.40 bits per heavy atom. The molecule has 0 fully saturated rings. The molecule has 0 aliphatic heterocycles. The van der Waals surface area contributed by atoms with E-state index in [9.17, 15) is 21.6 Å². The quantitative estimate of drug-likeness (QED) is 0.405. The highest BCUT2D eigenvalue weighted by molar-refractivity contribution is 7.90. The molecule has 0 heterocycles. The second-order valence-electron chi connectivity index (χ2n) is 3.79. The zero-order chi connectivity index (χ0) is 15.4. The molecule has 1 unspecified atom stereocenters. The zero-order valence-corrected chi connectivity index (χ0v) is 12.9. The first-order valence-corrected chi connectivity index (χ1v) is 9.01. The van der Waals surface area contributed by atoms with Gasteiger partial charge in [-0.15, -0.1) is 12.6 Å². The minimum Gasteiger partial charge on any atom is -0.300 e. The van der Waals surface area contributed by atoms with Crippen molar-refractivity contribution >= 4 is 39.1 Å². The standard InChI is InChI=1S/C10H13NO6S3/c1-19(13,14)17-8(7-12)6-11-20(15,16)10-5-3-2-4-9(10)18/h2-5,7-8,11,18H,6H2,1H3. The fourth-order valence-corrected chi connectivity index (χ4v) is 3.51. The van der Waals surface area contributed by atoms with Crippen molar-refractivity contribution in [1.29, 1.82) is 0 Å². The second-order valence-corrected chi connectivity index (χ2v) is 7.61. The lowest BCUT2D eigenvalue weighted by Crippen LogP contribution is -2.35. The summed E-state index contributed by atoms with van der Waals surface area (Å²) in [6, 6.07) is 5.95. The molecular weight excluding hydrogens is 326 g/mol. The Bertz CT molecular complexity index is 683. The molecule has 1 atom stereocenters. The third-order valence-corrected chi connectivity index (χ3v) is 4.70. The zero-order valence-electron chi connectivity index (χ0n) is 10.4. The summed E-state index contributed by atoms with van der Waals surface area (Å²) in [5.74, 6) is 0. The first kappa shape index (κ1) is 17.1. The predicted molar refractivity (Wildman–Crippen MR) is 74.7 cm³/mol. The lowest BCUT2D eigenvalue weighted by Gasteiger charge is -2.12. The van der Waals surface area contributed by atoms with E-state index in [1.54, 1.807) is 6.07 Å². The maximum atomic E-state index is 12.0. The molecule has 20 heavy (non-hydrogen) atoms. The third kappa shape index (κ3) is 5.21. The molecule has 0 radical (unpaired) electrons. The number of carbonyl (C=O) groups is 1. The summed E-state index contributed by atoms with van der Waals surface area (Å²) in [5.41, 5.74) is 0. The van der Waals surface area contributed by atoms with Crippen molar-refractivity contribution in [3.8, 4) is 0 Å². The van der Waals surface area contributed by atoms with Crippen LogP contribution in [0.3, 0.4) is 0 Å². The van der Waals surface area contributed by atoms with Gasteiger partial charge in [-0.3, -0.25) is 4.18 Å². The van der Waals surface area contributed by atoms with Gasteiger partial charge in [0.05, 0.1) is 11.2 Å². The summed E-state index contributed by atoms with van der Waals surface area (Å²) in [4.78, 5) is 10.8. The van der Waals surface area contributed by atoms with Crippen LogP contribution in [-0.4, -0.2) is 42.0 Å². The average molecular weight is 339 g/mol. The van der Waals surface area contributed by atoms with Gasteiger partial charge in [-0.2, -0.15) is 8.42 Å². The number of aldehydes is 1. The van der Waals surface area contributed by atoms with Crippen LogP contribution in [0, 0.1) is 0 Å². The number of nitrogens with one attached hydrogen (secondary N) is 1. The van der Waals surface area contributed by atoms with E-state index in [0.29, 0.717) is 0 Å². The Hall–Kier alpha value is -0.940. The molecule has 0 spiro atoms. The fourth-order valence-electron chi connectivity index (χ4n) is 1.28. The van der Waals surface area contributed by atoms with Crippen molar-refractivity contribution in [3.63, 3.8) is 0 Å². The molecule has 1 rings (SSSR count). The van der Waals surface area contributed by atoms with Crippen molar-refractivity contribution in [2.45, 2.75) is 15.9 Å². The molecule has 0 saturated heterocycles. The summed E-state index contributed by atoms with van der Waals surface area (Å²) in [6.07, 6.45) is -0.455. The molecule has 10 heteroatoms. The maximum absolute atomic E-state index is 12.0. The largest absolute Gasteiger partial charge is 0.300 e. The molecule has 0 aromatic heterocycles. The van der Waals surface area contributed by atoms with Gasteiger partial charge in [-0.1, -0.05) is 12.1 Å². The van der Waals surface area contributed by atoms with E-state index in [2.05, 4.69) is 21.5 Å². The first-order valence-electron chi connectivity index (χ1n) is 5.27. The smallest absolute Gasteiger partial charge is 0.265 e. The van der Waals surface area contributed by atoms with Crippen LogP contribution in [0.5, 0.6) is 0 Å². The summed E-state index contributed by atoms with van der Waals surface area (Å²) >= 11 is 4.01. The molecule has 0 aliphatic carbocycles. The van der Waals surface area contributed by atoms with Crippen molar-refractivity contribution in [2.24, 2.45) is 0 Å². The van der Waals surface area contributed by atoms with Crippen LogP contribution in [0.4, 0.5) is 0 Å². The summed E-state index contributed by atoms with van der Waals surface area (Å²) < 4.78 is 52.2. The van der Waals surface area contributed by atoms with E-state index >= 15 is 0 Å². The monoisotopic (exact) mass is 339 g/mol. The third-order valence-electron chi connectivity index (χ3n) is 2.08. The van der Waals surface area contributed by atoms with E-state index < -0.39 is 32.8 Å². The molecule has 7 nitrogen and oxygen atoms in total. The highest BCUT2D eigenvalue weighted by atomic mass is 32.2. The van der Waals surface area contributed by atoms with E-state index in [1.807, 2.05) is 0 Å². The van der Waals surface area contributed by atoms with Gasteiger partial charge in [0.2, 0.25) is 10.0 Å². The number of benzene rings is 1. The van der Waals surface area contributed by atoms with Crippen LogP contribution in [-0.2, 0) is 29.1 Å². The van der Waals surface area contributed by atoms with Gasteiger partial charge in [0.1, 0.15) is 6.10 Å². The van der Waals surface area contributed by atoms with Crippen LogP contribution in [0.25, 0.3) is 0 Å². The number of hydrogen-bond acceptors (Lipinski definition) is 7. The maximum Gasteiger partial charge on any atom is 0.265 e. The SMILES string of the molecule is CS(=O)(=O)OC(C=O)CNS(=O)(=O)c1ccccc1S. The lowest BCUT2D eigenvalue weighted by atomic mass is 10.4. The number of hydrogen-bond donors (Lipinski definition) is 2. The minimum absolute atomic E-state index is 0.0765. The Labute approximate surface area is 122 Å². The molecule has 0 saturated carbocycles. The van der Waals surface area contributed by atoms with Gasteiger partial charge >= 0.3 is 0 Å². The number of thiol groups is 1. The summed E-state index contributed by atoms with van der Waals surface area (Å²) in [6.45, 7) is -0.499. The van der Waals surface area contributed by atoms with E-state index in [1.165, 1.54) is 18.2 Å². The predicted octanol–water partition coefficient (Wildman–Crippen LogP) is -0.203. The molecule has 0 amide bonds. The van der Waals surface area contributed by atoms with Gasteiger partial charge in [-0.05, 0) is 12.1 Å². The lowest BCUT2D eigenvalue weighted by molar-refractivity contribution is -0.113. The second kappa shape index (κ2) is 6.68. The number of carbonyl (C=O) groups excluding carboxylic acids is 1. The Kier molecular flexibility index (Phi) is 5.71. The normalized spacial score (nSPS) is 13.9. The molecule has 0 bridgehead atoms. The fraction of sp³-hybridized carbons (Fsp3) is 0.300. The highest BCUT2D eigenvalue weighted by Crippen LogP contribution is 2.18. The molecule has 1 N–H and O–H groups in total. The molecule has 0 aliphatic rings. The summed E-state index contributed by atoms with van der Waals surface area (Å²) in [5, 5.41) is 0. The van der Waals surface area contributed by atoms with Crippen LogP contribution in [0.2, 0.25) is 0 Å². The topological polar surface area (TPSA) is 107 Å². The van der Waals surface area contributed by atoms with Crippen molar-refractivity contribution in [1.82, 2.24) is 4.72 Å². The van der Waals surface area contributed by atoms with Gasteiger partial charge in [0, 0.05) is 11.4 Å². The van der Waals surface area contributed by atoms with Crippen LogP contribution in [0.1, 0.15) is 0 Å². The molecular formula is C10H13NO6S3. The van der Waals surface area contributed by atoms with E-state index in [4.69, 9.17) is 0 Å². The number of sulfonamides is 1. The van der Waals surface area contributed by atoms with Gasteiger partial charge in [0.15, 0.2) is 6.29 Å². The Balaban J connectivity index is 2.83. The molecule has 1 aromatic rings. The van der Waals surface area contributed by atoms with E-state index in [-0.39, 0.29) is 16.1 Å². The van der Waals surface area contributed by atoms with Gasteiger partial charge in [-0.25, -0.2) is 13.1 Å². The van der Waals surface area contributed by atoms with Crippen LogP contribution < -0.4 is 4.72 Å². The van der Waals surface area contributed by atoms with Gasteiger partial charge in [0.25, 0.3) is 10.1 Å². The highest BCUT2D eigenvalue weighted by Gasteiger charge is 2.21. The van der Waals surface area contributed by atoms with Crippen LogP contribution in [0.15, 0.2) is 34.1 Å². The average Bonchev–Trinajstić information content (AvgIpc) is 2.33. The Morgan fingerprint density at radius 2 is 1.90 bits per heavy atom. The van der Waals surface area contributed by atoms with Crippen molar-refractivity contribution in [2.75, 3.05) is 12.8 Å². The van der Waals surface area contributed by atoms with Crippen LogP contribution >= 0.6 is 12.6 Å². The first-order chi connectivity index (χ1) is 9.15. The molecule has 112 valence electrons. The van der Waals surface area contributed by atoms with Crippen molar-refractivity contribution in [3.05, 3.63) is 24.3 Å². The minimum atomic E-state index is -3.91. The Morgan fingerprint density at radius 1 is 1.30 bits per heavy atom. The summed E-state index contributed by atoms with van der Waals surface area (Å²) in [7, 11) is -7.77. The van der Waals surface area contributed by atoms with Gasteiger partial charge < -0.3 is 4.79 Å². The van der Waals surface area contributed by atoms with Crippen molar-refractivity contribution < 1.29 is 25.8 Å². The molecule has 1 aromatic carbocycles. The number of rotatable bonds is 7. The van der Waals surface area contributed by atoms with E-state index in [0.717, 1.165) is 6.26 Å².